The quantitative estimate of drug-likeness (QED) is 0.434. The van der Waals surface area contributed by atoms with Gasteiger partial charge in [0, 0.05) is 0 Å². The fourth-order valence-electron chi connectivity index (χ4n) is 3.57. The molecule has 0 bridgehead atoms. The third kappa shape index (κ3) is 2.87. The molecule has 0 spiro atoms. The lowest BCUT2D eigenvalue weighted by molar-refractivity contribution is 1.05. The van der Waals surface area contributed by atoms with Gasteiger partial charge in [-0.05, 0) is 50.6 Å². The SMILES string of the molecule is C1=c2ccc3cccc4ccc(c2c43)C2CC12.CC.CC.CC. The zero-order chi connectivity index (χ0) is 17.0. The normalized spacial score (nSPS) is 19.0. The fourth-order valence-corrected chi connectivity index (χ4v) is 3.57. The molecular weight excluding hydrogens is 276 g/mol. The van der Waals surface area contributed by atoms with E-state index in [0.29, 0.717) is 0 Å². The summed E-state index contributed by atoms with van der Waals surface area (Å²) in [4.78, 5) is 0. The first kappa shape index (κ1) is 17.5. The zero-order valence-corrected chi connectivity index (χ0v) is 15.5. The van der Waals surface area contributed by atoms with E-state index >= 15 is 0 Å². The van der Waals surface area contributed by atoms with E-state index in [2.05, 4.69) is 48.5 Å². The van der Waals surface area contributed by atoms with E-state index in [1.165, 1.54) is 33.2 Å². The summed E-state index contributed by atoms with van der Waals surface area (Å²) in [5, 5.41) is 7.23. The van der Waals surface area contributed by atoms with Crippen molar-refractivity contribution < 1.29 is 0 Å². The number of benzene rings is 3. The predicted octanol–water partition coefficient (Wildman–Crippen LogP) is 6.69. The van der Waals surface area contributed by atoms with Crippen molar-refractivity contribution in [2.24, 2.45) is 5.92 Å². The number of rotatable bonds is 0. The lowest BCUT2D eigenvalue weighted by Crippen LogP contribution is -2.09. The summed E-state index contributed by atoms with van der Waals surface area (Å²) in [6.07, 6.45) is 3.84. The van der Waals surface area contributed by atoms with E-state index in [0.717, 1.165) is 11.8 Å². The van der Waals surface area contributed by atoms with Crippen LogP contribution in [0.25, 0.3) is 27.6 Å². The summed E-state index contributed by atoms with van der Waals surface area (Å²) in [6, 6.07) is 15.9. The van der Waals surface area contributed by atoms with Crippen molar-refractivity contribution in [1.29, 1.82) is 0 Å². The highest BCUT2D eigenvalue weighted by molar-refractivity contribution is 6.12. The molecule has 2 aliphatic rings. The monoisotopic (exact) mass is 306 g/mol. The van der Waals surface area contributed by atoms with Crippen LogP contribution >= 0.6 is 0 Å². The minimum absolute atomic E-state index is 0.817. The molecule has 0 aliphatic heterocycles. The Morgan fingerprint density at radius 3 is 1.96 bits per heavy atom. The standard InChI is InChI=1S/C17H12.3C2H6/c1-2-10-4-5-12-8-13-9-15(13)14-7-6-11(3-1)16(10)17(12)14;3*1-2/h1-8,13,15H,9H2;3*1-2H3. The highest BCUT2D eigenvalue weighted by Gasteiger charge is 2.39. The van der Waals surface area contributed by atoms with Crippen molar-refractivity contribution in [2.75, 3.05) is 0 Å². The van der Waals surface area contributed by atoms with Gasteiger partial charge in [-0.25, -0.2) is 0 Å². The first-order valence-electron chi connectivity index (χ1n) is 9.38. The smallest absolute Gasteiger partial charge is 0.00301 e. The lowest BCUT2D eigenvalue weighted by Gasteiger charge is -2.14. The van der Waals surface area contributed by atoms with E-state index < -0.39 is 0 Å². The van der Waals surface area contributed by atoms with Gasteiger partial charge in [-0.15, -0.1) is 0 Å². The molecule has 0 N–H and O–H groups in total. The molecule has 1 saturated carbocycles. The Morgan fingerprint density at radius 2 is 1.30 bits per heavy atom. The Balaban J connectivity index is 0.000000291. The Bertz CT molecular complexity index is 810. The zero-order valence-electron chi connectivity index (χ0n) is 15.5. The van der Waals surface area contributed by atoms with Gasteiger partial charge < -0.3 is 0 Å². The van der Waals surface area contributed by atoms with E-state index in [4.69, 9.17) is 0 Å². The van der Waals surface area contributed by atoms with Crippen molar-refractivity contribution in [3.05, 3.63) is 53.2 Å². The van der Waals surface area contributed by atoms with Gasteiger partial charge in [0.15, 0.2) is 0 Å². The first-order valence-corrected chi connectivity index (χ1v) is 9.38. The number of hydrogen-bond acceptors (Lipinski definition) is 0. The molecule has 23 heavy (non-hydrogen) atoms. The molecule has 2 unspecified atom stereocenters. The maximum absolute atomic E-state index is 2.48. The maximum atomic E-state index is 2.48. The van der Waals surface area contributed by atoms with E-state index in [1.54, 1.807) is 5.56 Å². The van der Waals surface area contributed by atoms with Crippen molar-refractivity contribution in [3.8, 4) is 0 Å². The molecule has 1 fully saturated rings. The first-order chi connectivity index (χ1) is 11.4. The van der Waals surface area contributed by atoms with Crippen molar-refractivity contribution in [3.63, 3.8) is 0 Å². The van der Waals surface area contributed by atoms with Gasteiger partial charge in [0.2, 0.25) is 0 Å². The molecule has 0 heteroatoms. The van der Waals surface area contributed by atoms with Crippen molar-refractivity contribution in [2.45, 2.75) is 53.9 Å². The topological polar surface area (TPSA) is 0 Å². The molecule has 3 aromatic carbocycles. The van der Waals surface area contributed by atoms with Crippen LogP contribution in [0.1, 0.15) is 59.4 Å². The number of fused-ring (bicyclic) bond motifs is 2. The van der Waals surface area contributed by atoms with Crippen LogP contribution in [0.5, 0.6) is 0 Å². The van der Waals surface area contributed by atoms with E-state index in [9.17, 15) is 0 Å². The number of hydrogen-bond donors (Lipinski definition) is 0. The third-order valence-corrected chi connectivity index (χ3v) is 4.47. The van der Waals surface area contributed by atoms with Crippen molar-refractivity contribution >= 4 is 27.6 Å². The molecule has 0 amide bonds. The van der Waals surface area contributed by atoms with Crippen molar-refractivity contribution in [1.82, 2.24) is 0 Å². The van der Waals surface area contributed by atoms with Gasteiger partial charge in [-0.3, -0.25) is 0 Å². The summed E-state index contributed by atoms with van der Waals surface area (Å²) in [6.45, 7) is 12.0. The summed E-state index contributed by atoms with van der Waals surface area (Å²) in [7, 11) is 0. The third-order valence-electron chi connectivity index (χ3n) is 4.47. The molecule has 0 radical (unpaired) electrons. The van der Waals surface area contributed by atoms with Gasteiger partial charge in [0.25, 0.3) is 0 Å². The molecular formula is C23H30. The fraction of sp³-hybridized carbons (Fsp3) is 0.391. The van der Waals surface area contributed by atoms with Gasteiger partial charge in [0.05, 0.1) is 0 Å². The largest absolute Gasteiger partial charge is 0.0729 e. The molecule has 0 aromatic heterocycles. The van der Waals surface area contributed by atoms with Crippen LogP contribution in [0.3, 0.4) is 0 Å². The molecule has 122 valence electrons. The van der Waals surface area contributed by atoms with Crippen LogP contribution in [-0.2, 0) is 0 Å². The van der Waals surface area contributed by atoms with Crippen LogP contribution in [0, 0.1) is 5.92 Å². The van der Waals surface area contributed by atoms with Crippen LogP contribution < -0.4 is 5.22 Å². The Hall–Kier alpha value is -1.82. The lowest BCUT2D eigenvalue weighted by atomic mass is 9.90. The average Bonchev–Trinajstić information content (AvgIpc) is 3.44. The minimum atomic E-state index is 0.817. The molecule has 3 aromatic rings. The molecule has 0 saturated heterocycles. The average molecular weight is 306 g/mol. The summed E-state index contributed by atoms with van der Waals surface area (Å²) in [5.74, 6) is 1.64. The van der Waals surface area contributed by atoms with E-state index in [1.807, 2.05) is 41.5 Å². The molecule has 0 nitrogen and oxygen atoms in total. The summed E-state index contributed by atoms with van der Waals surface area (Å²) >= 11 is 0. The Morgan fingerprint density at radius 1 is 0.696 bits per heavy atom. The minimum Gasteiger partial charge on any atom is -0.0729 e. The molecule has 0 heterocycles. The second-order valence-electron chi connectivity index (χ2n) is 5.44. The summed E-state index contributed by atoms with van der Waals surface area (Å²) < 4.78 is 0. The molecule has 5 rings (SSSR count). The molecule has 2 atom stereocenters. The van der Waals surface area contributed by atoms with E-state index in [-0.39, 0.29) is 0 Å². The Kier molecular flexibility index (Phi) is 5.82. The van der Waals surface area contributed by atoms with Crippen LogP contribution in [-0.4, -0.2) is 0 Å². The Labute approximate surface area is 141 Å². The van der Waals surface area contributed by atoms with Crippen LogP contribution in [0.15, 0.2) is 42.5 Å². The van der Waals surface area contributed by atoms with Crippen LogP contribution in [0.4, 0.5) is 0 Å². The predicted molar refractivity (Wildman–Crippen MR) is 106 cm³/mol. The highest BCUT2D eigenvalue weighted by Crippen LogP contribution is 2.52. The second-order valence-corrected chi connectivity index (χ2v) is 5.44. The highest BCUT2D eigenvalue weighted by atomic mass is 14.4. The maximum Gasteiger partial charge on any atom is -0.00301 e. The van der Waals surface area contributed by atoms with Gasteiger partial charge in [-0.2, -0.15) is 0 Å². The van der Waals surface area contributed by atoms with Gasteiger partial charge in [-0.1, -0.05) is 90.1 Å². The van der Waals surface area contributed by atoms with Gasteiger partial charge >= 0.3 is 0 Å². The summed E-state index contributed by atoms with van der Waals surface area (Å²) in [5.41, 5.74) is 1.59. The van der Waals surface area contributed by atoms with Crippen LogP contribution in [0.2, 0.25) is 0 Å². The molecule has 2 aliphatic carbocycles. The van der Waals surface area contributed by atoms with Gasteiger partial charge in [0.1, 0.15) is 0 Å². The second kappa shape index (κ2) is 7.64.